The molecule has 0 saturated heterocycles. The first kappa shape index (κ1) is 24.4. The normalized spacial score (nSPS) is 19.4. The number of unbranched alkanes of at least 4 members (excludes halogenated alkanes) is 7. The first-order valence-corrected chi connectivity index (χ1v) is 13.2. The van der Waals surface area contributed by atoms with Gasteiger partial charge in [0.05, 0.1) is 6.04 Å². The number of hydrogen-bond acceptors (Lipinski definition) is 4. The third kappa shape index (κ3) is 5.67. The number of hydrogen-bond donors (Lipinski definition) is 2. The maximum absolute atomic E-state index is 6.31. The molecule has 2 unspecified atom stereocenters. The molecule has 0 aliphatic carbocycles. The van der Waals surface area contributed by atoms with Crippen LogP contribution in [0.5, 0.6) is 0 Å². The van der Waals surface area contributed by atoms with Gasteiger partial charge < -0.3 is 21.3 Å². The molecule has 0 spiro atoms. The summed E-state index contributed by atoms with van der Waals surface area (Å²) in [5.74, 6) is 0. The highest BCUT2D eigenvalue weighted by Gasteiger charge is 2.22. The number of nitrogens with zero attached hydrogens (tertiary/aromatic N) is 2. The summed E-state index contributed by atoms with van der Waals surface area (Å²) in [6.45, 7) is 6.62. The standard InChI is InChI=1S/C30H42N4/c1-23-21-27(31)25-15-9-11-17-29(25)33(23)19-13-7-5-3-4-6-8-14-20-34-24(2)22-28(32)26-16-10-12-18-30(26)34/h9-12,15-18,21-23,28H,3-8,13-14,19-20,31-32H2,1-2H3. The second-order valence-electron chi connectivity index (χ2n) is 9.95. The van der Waals surface area contributed by atoms with Crippen molar-refractivity contribution in [1.29, 1.82) is 0 Å². The molecule has 2 aromatic rings. The quantitative estimate of drug-likeness (QED) is 0.366. The van der Waals surface area contributed by atoms with Gasteiger partial charge in [0.1, 0.15) is 0 Å². The molecule has 4 rings (SSSR count). The minimum absolute atomic E-state index is 0.0231. The number of para-hydroxylation sites is 2. The van der Waals surface area contributed by atoms with Crippen LogP contribution in [0.1, 0.15) is 82.4 Å². The second kappa shape index (κ2) is 11.6. The predicted octanol–water partition coefficient (Wildman–Crippen LogP) is 6.74. The van der Waals surface area contributed by atoms with E-state index < -0.39 is 0 Å². The van der Waals surface area contributed by atoms with Crippen molar-refractivity contribution in [2.45, 2.75) is 77.3 Å². The van der Waals surface area contributed by atoms with E-state index in [0.29, 0.717) is 6.04 Å². The Kier molecular flexibility index (Phi) is 8.34. The molecule has 0 amide bonds. The zero-order valence-corrected chi connectivity index (χ0v) is 21.0. The van der Waals surface area contributed by atoms with E-state index in [1.165, 1.54) is 79.6 Å². The lowest BCUT2D eigenvalue weighted by Crippen LogP contribution is -2.36. The first-order chi connectivity index (χ1) is 16.6. The average molecular weight is 459 g/mol. The smallest absolute Gasteiger partial charge is 0.0521 e. The molecule has 2 atom stereocenters. The number of rotatable bonds is 11. The van der Waals surface area contributed by atoms with Gasteiger partial charge in [-0.2, -0.15) is 0 Å². The molecule has 0 aromatic heterocycles. The zero-order chi connectivity index (χ0) is 23.9. The molecule has 2 aliphatic rings. The minimum atomic E-state index is 0.0231. The van der Waals surface area contributed by atoms with Gasteiger partial charge in [-0.05, 0) is 56.5 Å². The van der Waals surface area contributed by atoms with E-state index in [1.807, 2.05) is 0 Å². The topological polar surface area (TPSA) is 58.5 Å². The Morgan fingerprint density at radius 3 is 2.06 bits per heavy atom. The Morgan fingerprint density at radius 2 is 1.32 bits per heavy atom. The lowest BCUT2D eigenvalue weighted by Gasteiger charge is -2.35. The highest BCUT2D eigenvalue weighted by molar-refractivity contribution is 5.79. The fourth-order valence-corrected chi connectivity index (χ4v) is 5.51. The molecular weight excluding hydrogens is 416 g/mol. The van der Waals surface area contributed by atoms with Crippen molar-refractivity contribution in [2.75, 3.05) is 22.9 Å². The third-order valence-corrected chi connectivity index (χ3v) is 7.40. The molecule has 2 aliphatic heterocycles. The van der Waals surface area contributed by atoms with Crippen molar-refractivity contribution in [3.05, 3.63) is 77.5 Å². The van der Waals surface area contributed by atoms with E-state index in [2.05, 4.69) is 84.3 Å². The van der Waals surface area contributed by atoms with Crippen LogP contribution in [0.3, 0.4) is 0 Å². The molecule has 0 saturated carbocycles. The van der Waals surface area contributed by atoms with Crippen LogP contribution in [0.15, 0.2) is 66.4 Å². The van der Waals surface area contributed by atoms with Crippen molar-refractivity contribution in [1.82, 2.24) is 0 Å². The number of anilines is 2. The summed E-state index contributed by atoms with van der Waals surface area (Å²) in [5, 5.41) is 0. The van der Waals surface area contributed by atoms with Gasteiger partial charge in [-0.25, -0.2) is 0 Å². The molecule has 2 aromatic carbocycles. The molecule has 4 nitrogen and oxygen atoms in total. The number of allylic oxidation sites excluding steroid dienone is 1. The fraction of sp³-hybridized carbons (Fsp3) is 0.467. The molecule has 182 valence electrons. The van der Waals surface area contributed by atoms with E-state index in [9.17, 15) is 0 Å². The largest absolute Gasteiger partial charge is 0.398 e. The van der Waals surface area contributed by atoms with Gasteiger partial charge in [0.25, 0.3) is 0 Å². The molecular formula is C30H42N4. The van der Waals surface area contributed by atoms with Crippen LogP contribution < -0.4 is 21.3 Å². The zero-order valence-electron chi connectivity index (χ0n) is 21.0. The lowest BCUT2D eigenvalue weighted by atomic mass is 9.98. The Bertz CT molecular complexity index is 1010. The van der Waals surface area contributed by atoms with Gasteiger partial charge in [0.15, 0.2) is 0 Å². The van der Waals surface area contributed by atoms with Crippen LogP contribution in [0.2, 0.25) is 0 Å². The Morgan fingerprint density at radius 1 is 0.735 bits per heavy atom. The van der Waals surface area contributed by atoms with Crippen molar-refractivity contribution in [3.8, 4) is 0 Å². The maximum Gasteiger partial charge on any atom is 0.0521 e. The molecule has 0 bridgehead atoms. The van der Waals surface area contributed by atoms with E-state index >= 15 is 0 Å². The molecule has 0 fully saturated rings. The van der Waals surface area contributed by atoms with Crippen LogP contribution in [0, 0.1) is 0 Å². The maximum atomic E-state index is 6.31. The van der Waals surface area contributed by atoms with Gasteiger partial charge >= 0.3 is 0 Å². The Hall–Kier alpha value is -2.72. The summed E-state index contributed by atoms with van der Waals surface area (Å²) in [4.78, 5) is 4.95. The van der Waals surface area contributed by atoms with Crippen molar-refractivity contribution in [3.63, 3.8) is 0 Å². The molecule has 0 radical (unpaired) electrons. The van der Waals surface area contributed by atoms with Gasteiger partial charge in [-0.15, -0.1) is 0 Å². The van der Waals surface area contributed by atoms with Crippen LogP contribution in [-0.2, 0) is 0 Å². The van der Waals surface area contributed by atoms with E-state index in [-0.39, 0.29) is 6.04 Å². The summed E-state index contributed by atoms with van der Waals surface area (Å²) in [6.07, 6.45) is 14.8. The molecule has 34 heavy (non-hydrogen) atoms. The second-order valence-corrected chi connectivity index (χ2v) is 9.95. The molecule has 2 heterocycles. The summed E-state index contributed by atoms with van der Waals surface area (Å²) in [7, 11) is 0. The number of benzene rings is 2. The van der Waals surface area contributed by atoms with Gasteiger partial charge in [-0.1, -0.05) is 74.9 Å². The van der Waals surface area contributed by atoms with Crippen LogP contribution in [0.25, 0.3) is 5.70 Å². The van der Waals surface area contributed by atoms with Crippen LogP contribution >= 0.6 is 0 Å². The van der Waals surface area contributed by atoms with Crippen molar-refractivity contribution in [2.24, 2.45) is 11.5 Å². The van der Waals surface area contributed by atoms with Crippen molar-refractivity contribution < 1.29 is 0 Å². The SMILES string of the molecule is CC1=CC(N)c2ccccc2N1CCCCCCCCCCN1c2ccccc2C(N)=CC1C. The van der Waals surface area contributed by atoms with E-state index in [1.54, 1.807) is 0 Å². The average Bonchev–Trinajstić information content (AvgIpc) is 2.83. The highest BCUT2D eigenvalue weighted by atomic mass is 15.2. The third-order valence-electron chi connectivity index (χ3n) is 7.40. The lowest BCUT2D eigenvalue weighted by molar-refractivity contribution is 0.559. The monoisotopic (exact) mass is 458 g/mol. The van der Waals surface area contributed by atoms with Gasteiger partial charge in [0.2, 0.25) is 0 Å². The highest BCUT2D eigenvalue weighted by Crippen LogP contribution is 2.34. The van der Waals surface area contributed by atoms with Crippen molar-refractivity contribution >= 4 is 17.1 Å². The number of nitrogens with two attached hydrogens (primary N) is 2. The summed E-state index contributed by atoms with van der Waals surface area (Å²) >= 11 is 0. The first-order valence-electron chi connectivity index (χ1n) is 13.2. The van der Waals surface area contributed by atoms with Crippen LogP contribution in [-0.4, -0.2) is 19.1 Å². The Balaban J connectivity index is 1.10. The number of fused-ring (bicyclic) bond motifs is 2. The minimum Gasteiger partial charge on any atom is -0.398 e. The predicted molar refractivity (Wildman–Crippen MR) is 147 cm³/mol. The molecule has 4 heteroatoms. The summed E-state index contributed by atoms with van der Waals surface area (Å²) in [5.41, 5.74) is 19.8. The van der Waals surface area contributed by atoms with Crippen LogP contribution in [0.4, 0.5) is 11.4 Å². The molecule has 4 N–H and O–H groups in total. The van der Waals surface area contributed by atoms with Gasteiger partial charge in [0, 0.05) is 47.5 Å². The summed E-state index contributed by atoms with van der Waals surface area (Å²) in [6, 6.07) is 17.5. The summed E-state index contributed by atoms with van der Waals surface area (Å²) < 4.78 is 0. The van der Waals surface area contributed by atoms with Gasteiger partial charge in [-0.3, -0.25) is 0 Å². The fourth-order valence-electron chi connectivity index (χ4n) is 5.51. The van der Waals surface area contributed by atoms with E-state index in [4.69, 9.17) is 11.5 Å². The Labute approximate surface area is 206 Å². The van der Waals surface area contributed by atoms with E-state index in [0.717, 1.165) is 18.8 Å².